The molecule has 2 N–H and O–H groups in total. The maximum atomic E-state index is 12.7. The Morgan fingerprint density at radius 3 is 2.77 bits per heavy atom. The van der Waals surface area contributed by atoms with Gasteiger partial charge in [-0.25, -0.2) is 4.68 Å². The van der Waals surface area contributed by atoms with Gasteiger partial charge in [0.2, 0.25) is 0 Å². The van der Waals surface area contributed by atoms with Crippen LogP contribution in [0.2, 0.25) is 10.0 Å². The van der Waals surface area contributed by atoms with Crippen molar-refractivity contribution in [1.29, 1.82) is 0 Å². The van der Waals surface area contributed by atoms with Crippen LogP contribution in [0.5, 0.6) is 0 Å². The van der Waals surface area contributed by atoms with Crippen molar-refractivity contribution in [3.8, 4) is 5.69 Å². The summed E-state index contributed by atoms with van der Waals surface area (Å²) in [4.78, 5) is 14.6. The molecular weight excluding hydrogens is 375 g/mol. The second-order valence-corrected chi connectivity index (χ2v) is 7.12. The number of piperidine rings is 1. The molecule has 8 heteroatoms. The van der Waals surface area contributed by atoms with Crippen molar-refractivity contribution < 1.29 is 9.53 Å². The number of hydrogen-bond donors (Lipinski definition) is 1. The number of ether oxygens (including phenoxy) is 1. The second-order valence-electron chi connectivity index (χ2n) is 6.27. The minimum Gasteiger partial charge on any atom is -0.378 e. The van der Waals surface area contributed by atoms with Crippen LogP contribution in [0.4, 0.5) is 0 Å². The Labute approximate surface area is 162 Å². The van der Waals surface area contributed by atoms with Crippen LogP contribution in [-0.2, 0) is 4.74 Å². The number of halogens is 2. The molecule has 1 aromatic carbocycles. The maximum absolute atomic E-state index is 12.7. The van der Waals surface area contributed by atoms with Crippen LogP contribution >= 0.6 is 23.2 Å². The van der Waals surface area contributed by atoms with E-state index in [2.05, 4.69) is 5.10 Å². The van der Waals surface area contributed by atoms with Gasteiger partial charge < -0.3 is 15.4 Å². The molecule has 1 aliphatic rings. The first-order chi connectivity index (χ1) is 12.6. The number of benzene rings is 1. The highest BCUT2D eigenvalue weighted by atomic mass is 35.5. The number of nitrogens with two attached hydrogens (primary N) is 1. The summed E-state index contributed by atoms with van der Waals surface area (Å²) in [5, 5.41) is 5.30. The van der Waals surface area contributed by atoms with Gasteiger partial charge in [0.05, 0.1) is 28.6 Å². The fourth-order valence-electron chi connectivity index (χ4n) is 2.97. The third-order valence-electron chi connectivity index (χ3n) is 4.42. The van der Waals surface area contributed by atoms with E-state index >= 15 is 0 Å². The molecule has 2 heterocycles. The molecule has 0 radical (unpaired) electrons. The first kappa shape index (κ1) is 19.2. The summed E-state index contributed by atoms with van der Waals surface area (Å²) in [5.74, 6) is -0.0262. The van der Waals surface area contributed by atoms with Gasteiger partial charge in [0.25, 0.3) is 5.91 Å². The van der Waals surface area contributed by atoms with Crippen molar-refractivity contribution in [2.24, 2.45) is 5.73 Å². The van der Waals surface area contributed by atoms with Crippen LogP contribution in [0.3, 0.4) is 0 Å². The molecule has 1 saturated heterocycles. The van der Waals surface area contributed by atoms with E-state index in [-0.39, 0.29) is 12.0 Å². The van der Waals surface area contributed by atoms with Gasteiger partial charge in [-0.3, -0.25) is 4.79 Å². The van der Waals surface area contributed by atoms with Gasteiger partial charge in [-0.05, 0) is 44.0 Å². The largest absolute Gasteiger partial charge is 0.378 e. The van der Waals surface area contributed by atoms with Gasteiger partial charge in [0, 0.05) is 30.9 Å². The summed E-state index contributed by atoms with van der Waals surface area (Å²) >= 11 is 12.1. The molecule has 2 aromatic rings. The van der Waals surface area contributed by atoms with Crippen molar-refractivity contribution in [2.45, 2.75) is 25.4 Å². The van der Waals surface area contributed by atoms with Crippen LogP contribution in [0.1, 0.15) is 29.6 Å². The third kappa shape index (κ3) is 4.57. The Balaban J connectivity index is 1.60. The molecule has 1 aliphatic heterocycles. The van der Waals surface area contributed by atoms with E-state index in [0.717, 1.165) is 19.3 Å². The summed E-state index contributed by atoms with van der Waals surface area (Å²) in [6.45, 7) is 2.68. The molecule has 0 spiro atoms. The van der Waals surface area contributed by atoms with Crippen LogP contribution in [0, 0.1) is 0 Å². The highest BCUT2D eigenvalue weighted by molar-refractivity contribution is 6.35. The molecule has 1 fully saturated rings. The molecule has 0 aliphatic carbocycles. The van der Waals surface area contributed by atoms with Crippen molar-refractivity contribution in [3.63, 3.8) is 0 Å². The lowest BCUT2D eigenvalue weighted by molar-refractivity contribution is 0.00845. The SMILES string of the molecule is NCCCOC1CCN(C(=O)c2cnn(-c3ccc(Cl)cc3Cl)c2)CC1. The van der Waals surface area contributed by atoms with Gasteiger partial charge >= 0.3 is 0 Å². The lowest BCUT2D eigenvalue weighted by Crippen LogP contribution is -2.41. The van der Waals surface area contributed by atoms with Gasteiger partial charge in [-0.1, -0.05) is 23.2 Å². The molecule has 3 rings (SSSR count). The highest BCUT2D eigenvalue weighted by Crippen LogP contribution is 2.24. The standard InChI is InChI=1S/C18H22Cl2N4O2/c19-14-2-3-17(16(20)10-14)24-12-13(11-22-24)18(25)23-7-4-15(5-8-23)26-9-1-6-21/h2-3,10-12,15H,1,4-9,21H2. The van der Waals surface area contributed by atoms with E-state index in [1.807, 2.05) is 4.90 Å². The fraction of sp³-hybridized carbons (Fsp3) is 0.444. The lowest BCUT2D eigenvalue weighted by Gasteiger charge is -2.31. The average Bonchev–Trinajstić information content (AvgIpc) is 3.12. The molecule has 0 atom stereocenters. The fourth-order valence-corrected chi connectivity index (χ4v) is 3.47. The zero-order chi connectivity index (χ0) is 18.5. The summed E-state index contributed by atoms with van der Waals surface area (Å²) in [6.07, 6.45) is 6.02. The molecule has 1 aromatic heterocycles. The first-order valence-corrected chi connectivity index (χ1v) is 9.45. The quantitative estimate of drug-likeness (QED) is 0.760. The molecule has 0 saturated carbocycles. The van der Waals surface area contributed by atoms with E-state index in [0.29, 0.717) is 47.5 Å². The Hall–Kier alpha value is -1.60. The number of nitrogens with zero attached hydrogens (tertiary/aromatic N) is 3. The minimum absolute atomic E-state index is 0.0262. The number of rotatable bonds is 6. The van der Waals surface area contributed by atoms with Crippen LogP contribution in [0.15, 0.2) is 30.6 Å². The van der Waals surface area contributed by atoms with Crippen molar-refractivity contribution >= 4 is 29.1 Å². The van der Waals surface area contributed by atoms with Crippen molar-refractivity contribution in [3.05, 3.63) is 46.2 Å². The Morgan fingerprint density at radius 2 is 2.08 bits per heavy atom. The highest BCUT2D eigenvalue weighted by Gasteiger charge is 2.25. The summed E-state index contributed by atoms with van der Waals surface area (Å²) < 4.78 is 7.37. The lowest BCUT2D eigenvalue weighted by atomic mass is 10.1. The van der Waals surface area contributed by atoms with E-state index in [4.69, 9.17) is 33.7 Å². The van der Waals surface area contributed by atoms with Crippen molar-refractivity contribution in [2.75, 3.05) is 26.2 Å². The summed E-state index contributed by atoms with van der Waals surface area (Å²) in [5.41, 5.74) is 6.70. The van der Waals surface area contributed by atoms with Crippen LogP contribution in [0.25, 0.3) is 5.69 Å². The predicted molar refractivity (Wildman–Crippen MR) is 102 cm³/mol. The van der Waals surface area contributed by atoms with Gasteiger partial charge in [0.1, 0.15) is 0 Å². The number of amides is 1. The number of aromatic nitrogens is 2. The van der Waals surface area contributed by atoms with Crippen LogP contribution in [-0.4, -0.2) is 52.9 Å². The molecule has 1 amide bonds. The molecule has 26 heavy (non-hydrogen) atoms. The zero-order valence-electron chi connectivity index (χ0n) is 14.4. The van der Waals surface area contributed by atoms with Crippen LogP contribution < -0.4 is 5.73 Å². The Bertz CT molecular complexity index is 757. The Kier molecular flexibility index (Phi) is 6.53. The van der Waals surface area contributed by atoms with E-state index in [1.165, 1.54) is 0 Å². The molecule has 140 valence electrons. The van der Waals surface area contributed by atoms with Crippen molar-refractivity contribution in [1.82, 2.24) is 14.7 Å². The number of carbonyl (C=O) groups excluding carboxylic acids is 1. The van der Waals surface area contributed by atoms with Gasteiger partial charge in [-0.2, -0.15) is 5.10 Å². The van der Waals surface area contributed by atoms with E-state index < -0.39 is 0 Å². The minimum atomic E-state index is -0.0262. The monoisotopic (exact) mass is 396 g/mol. The maximum Gasteiger partial charge on any atom is 0.257 e. The molecular formula is C18H22Cl2N4O2. The second kappa shape index (κ2) is 8.86. The molecule has 0 unspecified atom stereocenters. The van der Waals surface area contributed by atoms with E-state index in [1.54, 1.807) is 35.3 Å². The molecule has 6 nitrogen and oxygen atoms in total. The van der Waals surface area contributed by atoms with Gasteiger partial charge in [-0.15, -0.1) is 0 Å². The normalized spacial score (nSPS) is 15.4. The smallest absolute Gasteiger partial charge is 0.257 e. The molecule has 0 bridgehead atoms. The first-order valence-electron chi connectivity index (χ1n) is 8.69. The zero-order valence-corrected chi connectivity index (χ0v) is 15.9. The summed E-state index contributed by atoms with van der Waals surface area (Å²) in [7, 11) is 0. The topological polar surface area (TPSA) is 73.4 Å². The summed E-state index contributed by atoms with van der Waals surface area (Å²) in [6, 6.07) is 5.16. The third-order valence-corrected chi connectivity index (χ3v) is 4.96. The average molecular weight is 397 g/mol. The number of carbonyl (C=O) groups is 1. The predicted octanol–water partition coefficient (Wildman–Crippen LogP) is 3.15. The van der Waals surface area contributed by atoms with Gasteiger partial charge in [0.15, 0.2) is 0 Å². The Morgan fingerprint density at radius 1 is 1.31 bits per heavy atom. The number of hydrogen-bond acceptors (Lipinski definition) is 4. The number of likely N-dealkylation sites (tertiary alicyclic amines) is 1. The van der Waals surface area contributed by atoms with E-state index in [9.17, 15) is 4.79 Å².